The summed E-state index contributed by atoms with van der Waals surface area (Å²) in [6.45, 7) is 3.56. The molecule has 2 rings (SSSR count). The Bertz CT molecular complexity index is 280. The summed E-state index contributed by atoms with van der Waals surface area (Å²) in [5.41, 5.74) is 1.22. The third-order valence-corrected chi connectivity index (χ3v) is 2.26. The Morgan fingerprint density at radius 1 is 1.50 bits per heavy atom. The van der Waals surface area contributed by atoms with Crippen molar-refractivity contribution in [3.63, 3.8) is 0 Å². The fraction of sp³-hybridized carbons (Fsp3) is 0.545. The van der Waals surface area contributed by atoms with Crippen LogP contribution in [0, 0.1) is 0 Å². The lowest BCUT2D eigenvalue weighted by Crippen LogP contribution is -2.15. The highest BCUT2D eigenvalue weighted by atomic mass is 16.5. The smallest absolute Gasteiger partial charge is 0.213 e. The normalized spacial score (nSPS) is 15.5. The Labute approximate surface area is 84.5 Å². The molecule has 0 aromatic carbocycles. The second kappa shape index (κ2) is 4.42. The van der Waals surface area contributed by atoms with Gasteiger partial charge >= 0.3 is 0 Å². The van der Waals surface area contributed by atoms with Crippen LogP contribution in [0.5, 0.6) is 5.88 Å². The van der Waals surface area contributed by atoms with Crippen LogP contribution in [0.1, 0.15) is 25.3 Å². The number of aromatic nitrogens is 1. The van der Waals surface area contributed by atoms with E-state index in [-0.39, 0.29) is 0 Å². The van der Waals surface area contributed by atoms with Crippen LogP contribution in [0.25, 0.3) is 0 Å². The lowest BCUT2D eigenvalue weighted by Gasteiger charge is -2.04. The van der Waals surface area contributed by atoms with Crippen LogP contribution in [0.3, 0.4) is 0 Å². The molecule has 1 heterocycles. The zero-order valence-corrected chi connectivity index (χ0v) is 8.49. The first-order valence-electron chi connectivity index (χ1n) is 5.19. The molecular formula is C11H16N2O. The molecule has 0 bridgehead atoms. The van der Waals surface area contributed by atoms with Crippen LogP contribution in [-0.2, 0) is 6.54 Å². The molecule has 1 saturated carbocycles. The maximum absolute atomic E-state index is 5.27. The van der Waals surface area contributed by atoms with Gasteiger partial charge in [-0.15, -0.1) is 0 Å². The van der Waals surface area contributed by atoms with E-state index < -0.39 is 0 Å². The van der Waals surface area contributed by atoms with Crippen molar-refractivity contribution in [2.45, 2.75) is 32.4 Å². The topological polar surface area (TPSA) is 34.1 Å². The van der Waals surface area contributed by atoms with E-state index in [1.807, 2.05) is 19.2 Å². The summed E-state index contributed by atoms with van der Waals surface area (Å²) in [5.74, 6) is 0.711. The lowest BCUT2D eigenvalue weighted by atomic mass is 10.3. The first-order valence-corrected chi connectivity index (χ1v) is 5.19. The van der Waals surface area contributed by atoms with E-state index in [9.17, 15) is 0 Å². The summed E-state index contributed by atoms with van der Waals surface area (Å²) >= 11 is 0. The average Bonchev–Trinajstić information content (AvgIpc) is 3.01. The number of nitrogens with zero attached hydrogens (tertiary/aromatic N) is 1. The number of pyridine rings is 1. The molecule has 0 spiro atoms. The minimum absolute atomic E-state index is 0.673. The lowest BCUT2D eigenvalue weighted by molar-refractivity contribution is 0.326. The second-order valence-corrected chi connectivity index (χ2v) is 3.59. The van der Waals surface area contributed by atoms with Gasteiger partial charge in [0.25, 0.3) is 0 Å². The summed E-state index contributed by atoms with van der Waals surface area (Å²) in [5, 5.41) is 3.44. The molecule has 0 saturated heterocycles. The van der Waals surface area contributed by atoms with Gasteiger partial charge in [-0.25, -0.2) is 4.98 Å². The second-order valence-electron chi connectivity index (χ2n) is 3.59. The minimum Gasteiger partial charge on any atom is -0.478 e. The predicted octanol–water partition coefficient (Wildman–Crippen LogP) is 1.73. The zero-order chi connectivity index (χ0) is 9.80. The van der Waals surface area contributed by atoms with Crippen LogP contribution in [0.2, 0.25) is 0 Å². The van der Waals surface area contributed by atoms with E-state index in [4.69, 9.17) is 4.74 Å². The van der Waals surface area contributed by atoms with Crippen molar-refractivity contribution in [3.8, 4) is 5.88 Å². The minimum atomic E-state index is 0.673. The van der Waals surface area contributed by atoms with Gasteiger partial charge in [0.1, 0.15) is 0 Å². The van der Waals surface area contributed by atoms with E-state index in [0.29, 0.717) is 12.5 Å². The van der Waals surface area contributed by atoms with E-state index >= 15 is 0 Å². The number of hydrogen-bond donors (Lipinski definition) is 1. The molecule has 0 radical (unpaired) electrons. The summed E-state index contributed by atoms with van der Waals surface area (Å²) in [4.78, 5) is 4.20. The van der Waals surface area contributed by atoms with Gasteiger partial charge in [0, 0.05) is 24.8 Å². The molecule has 0 unspecified atom stereocenters. The van der Waals surface area contributed by atoms with Gasteiger partial charge in [-0.05, 0) is 25.3 Å². The molecule has 1 aromatic rings. The molecule has 1 aliphatic rings. The number of nitrogens with one attached hydrogen (secondary N) is 1. The summed E-state index contributed by atoms with van der Waals surface area (Å²) in [6.07, 6.45) is 4.52. The van der Waals surface area contributed by atoms with Crippen molar-refractivity contribution >= 4 is 0 Å². The summed E-state index contributed by atoms with van der Waals surface area (Å²) < 4.78 is 5.27. The molecule has 1 aromatic heterocycles. The SMILES string of the molecule is CCOc1ccc(CNC2CC2)cn1. The highest BCUT2D eigenvalue weighted by molar-refractivity contribution is 5.17. The van der Waals surface area contributed by atoms with Crippen LogP contribution < -0.4 is 10.1 Å². The van der Waals surface area contributed by atoms with Crippen molar-refractivity contribution in [2.24, 2.45) is 0 Å². The average molecular weight is 192 g/mol. The van der Waals surface area contributed by atoms with Crippen LogP contribution in [-0.4, -0.2) is 17.6 Å². The Kier molecular flexibility index (Phi) is 2.99. The molecule has 1 N–H and O–H groups in total. The molecule has 0 amide bonds. The zero-order valence-electron chi connectivity index (χ0n) is 8.49. The standard InChI is InChI=1S/C11H16N2O/c1-2-14-11-6-3-9(8-13-11)7-12-10-4-5-10/h3,6,8,10,12H,2,4-5,7H2,1H3. The van der Waals surface area contributed by atoms with Gasteiger partial charge in [-0.3, -0.25) is 0 Å². The first kappa shape index (κ1) is 9.46. The highest BCUT2D eigenvalue weighted by Crippen LogP contribution is 2.19. The quantitative estimate of drug-likeness (QED) is 0.771. The van der Waals surface area contributed by atoms with E-state index in [0.717, 1.165) is 12.6 Å². The summed E-state index contributed by atoms with van der Waals surface area (Å²) in [6, 6.07) is 4.74. The van der Waals surface area contributed by atoms with Crippen molar-refractivity contribution in [1.29, 1.82) is 0 Å². The van der Waals surface area contributed by atoms with Crippen LogP contribution >= 0.6 is 0 Å². The Hall–Kier alpha value is -1.09. The third kappa shape index (κ3) is 2.70. The maximum atomic E-state index is 5.27. The van der Waals surface area contributed by atoms with Gasteiger partial charge in [0.05, 0.1) is 6.61 Å². The number of rotatable bonds is 5. The van der Waals surface area contributed by atoms with Gasteiger partial charge < -0.3 is 10.1 Å². The molecular weight excluding hydrogens is 176 g/mol. The Morgan fingerprint density at radius 3 is 2.93 bits per heavy atom. The molecule has 14 heavy (non-hydrogen) atoms. The molecule has 1 aliphatic carbocycles. The Balaban J connectivity index is 1.84. The van der Waals surface area contributed by atoms with Gasteiger partial charge in [-0.1, -0.05) is 6.07 Å². The van der Waals surface area contributed by atoms with Crippen LogP contribution in [0.4, 0.5) is 0 Å². The van der Waals surface area contributed by atoms with E-state index in [2.05, 4.69) is 16.4 Å². The molecule has 0 aliphatic heterocycles. The van der Waals surface area contributed by atoms with Gasteiger partial charge in [-0.2, -0.15) is 0 Å². The summed E-state index contributed by atoms with van der Waals surface area (Å²) in [7, 11) is 0. The largest absolute Gasteiger partial charge is 0.478 e. The third-order valence-electron chi connectivity index (χ3n) is 2.26. The van der Waals surface area contributed by atoms with E-state index in [1.165, 1.54) is 18.4 Å². The highest BCUT2D eigenvalue weighted by Gasteiger charge is 2.19. The fourth-order valence-electron chi connectivity index (χ4n) is 1.30. The van der Waals surface area contributed by atoms with Gasteiger partial charge in [0.2, 0.25) is 5.88 Å². The first-order chi connectivity index (χ1) is 6.88. The molecule has 3 heteroatoms. The molecule has 0 atom stereocenters. The monoisotopic (exact) mass is 192 g/mol. The molecule has 1 fully saturated rings. The van der Waals surface area contributed by atoms with Gasteiger partial charge in [0.15, 0.2) is 0 Å². The number of ether oxygens (including phenoxy) is 1. The fourth-order valence-corrected chi connectivity index (χ4v) is 1.30. The van der Waals surface area contributed by atoms with Crippen molar-refractivity contribution in [3.05, 3.63) is 23.9 Å². The van der Waals surface area contributed by atoms with Crippen molar-refractivity contribution in [1.82, 2.24) is 10.3 Å². The number of hydrogen-bond acceptors (Lipinski definition) is 3. The predicted molar refractivity (Wildman–Crippen MR) is 55.3 cm³/mol. The Morgan fingerprint density at radius 2 is 2.36 bits per heavy atom. The van der Waals surface area contributed by atoms with Crippen molar-refractivity contribution in [2.75, 3.05) is 6.61 Å². The van der Waals surface area contributed by atoms with Crippen molar-refractivity contribution < 1.29 is 4.74 Å². The molecule has 76 valence electrons. The molecule has 3 nitrogen and oxygen atoms in total. The van der Waals surface area contributed by atoms with Crippen LogP contribution in [0.15, 0.2) is 18.3 Å². The van der Waals surface area contributed by atoms with E-state index in [1.54, 1.807) is 0 Å². The maximum Gasteiger partial charge on any atom is 0.213 e.